The molecule has 12 heteroatoms. The summed E-state index contributed by atoms with van der Waals surface area (Å²) in [5, 5.41) is 6.21. The summed E-state index contributed by atoms with van der Waals surface area (Å²) < 4.78 is 61.0. The first-order valence-electron chi connectivity index (χ1n) is 12.6. The maximum atomic E-state index is 13.7. The van der Waals surface area contributed by atoms with Crippen LogP contribution in [0.5, 0.6) is 5.75 Å². The lowest BCUT2D eigenvalue weighted by Crippen LogP contribution is -2.34. The Hall–Kier alpha value is -3.31. The summed E-state index contributed by atoms with van der Waals surface area (Å²) in [5.74, 6) is 0.0506. The van der Waals surface area contributed by atoms with E-state index in [1.807, 2.05) is 0 Å². The molecule has 0 bridgehead atoms. The zero-order chi connectivity index (χ0) is 29.9. The van der Waals surface area contributed by atoms with Crippen molar-refractivity contribution in [1.82, 2.24) is 14.9 Å². The normalized spacial score (nSPS) is 11.9. The van der Waals surface area contributed by atoms with Crippen LogP contribution in [0.25, 0.3) is 22.2 Å². The van der Waals surface area contributed by atoms with Gasteiger partial charge >= 0.3 is 0 Å². The van der Waals surface area contributed by atoms with Gasteiger partial charge in [-0.05, 0) is 41.5 Å². The van der Waals surface area contributed by atoms with Crippen molar-refractivity contribution in [3.63, 3.8) is 0 Å². The molecule has 0 aliphatic heterocycles. The van der Waals surface area contributed by atoms with Gasteiger partial charge in [-0.25, -0.2) is 22.5 Å². The van der Waals surface area contributed by atoms with Crippen LogP contribution in [0.1, 0.15) is 26.3 Å². The van der Waals surface area contributed by atoms with Crippen LogP contribution in [0, 0.1) is 5.41 Å². The molecule has 1 heterocycles. The third kappa shape index (κ3) is 7.71. The Morgan fingerprint density at radius 1 is 1.05 bits per heavy atom. The summed E-state index contributed by atoms with van der Waals surface area (Å²) in [6.07, 6.45) is -5.46. The number of ether oxygens (including phenoxy) is 1. The molecule has 1 amide bonds. The number of carbonyl (C=O) groups is 1. The molecule has 6 nitrogen and oxygen atoms in total. The van der Waals surface area contributed by atoms with Crippen molar-refractivity contribution in [2.24, 2.45) is 5.41 Å². The van der Waals surface area contributed by atoms with E-state index in [1.165, 1.54) is 10.6 Å². The second kappa shape index (κ2) is 12.7. The largest absolute Gasteiger partial charge is 0.487 e. The van der Waals surface area contributed by atoms with Crippen LogP contribution < -0.4 is 15.4 Å². The summed E-state index contributed by atoms with van der Waals surface area (Å²) in [5.41, 5.74) is 2.32. The fourth-order valence-electron chi connectivity index (χ4n) is 4.04. The van der Waals surface area contributed by atoms with Crippen molar-refractivity contribution >= 4 is 56.1 Å². The van der Waals surface area contributed by atoms with Gasteiger partial charge in [-0.1, -0.05) is 66.5 Å². The molecule has 4 rings (SSSR count). The highest BCUT2D eigenvalue weighted by Crippen LogP contribution is 2.37. The van der Waals surface area contributed by atoms with Gasteiger partial charge in [0.1, 0.15) is 12.4 Å². The summed E-state index contributed by atoms with van der Waals surface area (Å²) in [6.45, 7) is 4.06. The van der Waals surface area contributed by atoms with Gasteiger partial charge in [0.05, 0.1) is 28.3 Å². The molecule has 0 saturated heterocycles. The highest BCUT2D eigenvalue weighted by Gasteiger charge is 2.22. The molecule has 0 radical (unpaired) electrons. The fraction of sp³-hybridized carbons (Fsp3) is 0.310. The number of halogens is 6. The number of carbonyl (C=O) groups excluding carboxylic acids is 1. The summed E-state index contributed by atoms with van der Waals surface area (Å²) in [6, 6.07) is 15.3. The van der Waals surface area contributed by atoms with Crippen molar-refractivity contribution in [3.8, 4) is 16.9 Å². The number of anilines is 2. The molecule has 218 valence electrons. The van der Waals surface area contributed by atoms with Crippen molar-refractivity contribution in [2.45, 2.75) is 46.7 Å². The van der Waals surface area contributed by atoms with Gasteiger partial charge in [0.2, 0.25) is 11.9 Å². The van der Waals surface area contributed by atoms with Gasteiger partial charge in [-0.2, -0.15) is 0 Å². The average Bonchev–Trinajstić information content (AvgIpc) is 3.22. The Bertz CT molecular complexity index is 1540. The molecular weight excluding hydrogens is 628 g/mol. The third-order valence-corrected chi connectivity index (χ3v) is 6.96. The molecular formula is C29H28BrClF4N4O2. The predicted molar refractivity (Wildman–Crippen MR) is 156 cm³/mol. The monoisotopic (exact) mass is 654 g/mol. The Labute approximate surface area is 248 Å². The van der Waals surface area contributed by atoms with E-state index in [0.717, 1.165) is 10.0 Å². The Morgan fingerprint density at radius 2 is 1.76 bits per heavy atom. The first kappa shape index (κ1) is 30.6. The zero-order valence-corrected chi connectivity index (χ0v) is 24.8. The molecule has 0 saturated carbocycles. The van der Waals surface area contributed by atoms with Crippen molar-refractivity contribution in [3.05, 3.63) is 69.7 Å². The van der Waals surface area contributed by atoms with Gasteiger partial charge < -0.3 is 19.9 Å². The van der Waals surface area contributed by atoms with E-state index in [9.17, 15) is 22.4 Å². The van der Waals surface area contributed by atoms with E-state index in [-0.39, 0.29) is 29.7 Å². The van der Waals surface area contributed by atoms with Crippen LogP contribution in [0.4, 0.5) is 29.2 Å². The van der Waals surface area contributed by atoms with E-state index in [0.29, 0.717) is 27.4 Å². The van der Waals surface area contributed by atoms with Crippen LogP contribution in [0.2, 0.25) is 5.02 Å². The molecule has 3 aromatic carbocycles. The van der Waals surface area contributed by atoms with Crippen molar-refractivity contribution < 1.29 is 27.1 Å². The molecule has 4 aromatic rings. The van der Waals surface area contributed by atoms with E-state index in [4.69, 9.17) is 16.3 Å². The second-order valence-electron chi connectivity index (χ2n) is 10.4. The number of nitrogens with one attached hydrogen (secondary N) is 2. The van der Waals surface area contributed by atoms with E-state index in [1.54, 1.807) is 69.3 Å². The first-order chi connectivity index (χ1) is 19.3. The Morgan fingerprint density at radius 3 is 2.39 bits per heavy atom. The maximum Gasteiger partial charge on any atom is 0.272 e. The number of amides is 1. The number of imidazole rings is 1. The molecule has 0 aliphatic carbocycles. The second-order valence-corrected chi connectivity index (χ2v) is 11.7. The van der Waals surface area contributed by atoms with E-state index >= 15 is 0 Å². The van der Waals surface area contributed by atoms with Crippen LogP contribution >= 0.6 is 27.5 Å². The lowest BCUT2D eigenvalue weighted by molar-refractivity contribution is -0.128. The smallest absolute Gasteiger partial charge is 0.272 e. The predicted octanol–water partition coefficient (Wildman–Crippen LogP) is 8.43. The number of hydrogen-bond acceptors (Lipinski definition) is 4. The zero-order valence-electron chi connectivity index (χ0n) is 22.5. The van der Waals surface area contributed by atoms with Gasteiger partial charge in [-0.15, -0.1) is 0 Å². The standard InChI is InChI=1S/C29H28BrClF4N4O2/c1-29(2,3)27(40)36-13-16-4-9-20(31)21(10-16)37-28-38-22-11-19(17-5-7-18(30)8-6-17)24(41-15-26(34)35)12-23(22)39(28)14-25(32)33/h4-12,25-26H,13-15H2,1-3H3,(H,36,40)(H,37,38). The summed E-state index contributed by atoms with van der Waals surface area (Å²) >= 11 is 9.80. The third-order valence-electron chi connectivity index (χ3n) is 6.10. The lowest BCUT2D eigenvalue weighted by Gasteiger charge is -2.18. The number of hydrogen-bond donors (Lipinski definition) is 2. The summed E-state index contributed by atoms with van der Waals surface area (Å²) in [7, 11) is 0. The number of nitrogens with zero attached hydrogens (tertiary/aromatic N) is 2. The van der Waals surface area contributed by atoms with Gasteiger partial charge in [0.25, 0.3) is 12.9 Å². The van der Waals surface area contributed by atoms with Crippen LogP contribution in [-0.4, -0.2) is 34.9 Å². The molecule has 0 fully saturated rings. The van der Waals surface area contributed by atoms with Crippen LogP contribution in [-0.2, 0) is 17.9 Å². The fourth-order valence-corrected chi connectivity index (χ4v) is 4.47. The van der Waals surface area contributed by atoms with E-state index in [2.05, 4.69) is 31.5 Å². The Kier molecular flexibility index (Phi) is 9.48. The number of fused-ring (bicyclic) bond motifs is 1. The Balaban J connectivity index is 1.76. The minimum atomic E-state index is -2.74. The lowest BCUT2D eigenvalue weighted by atomic mass is 9.95. The van der Waals surface area contributed by atoms with Crippen LogP contribution in [0.3, 0.4) is 0 Å². The number of rotatable bonds is 10. The van der Waals surface area contributed by atoms with Gasteiger partial charge in [-0.3, -0.25) is 4.79 Å². The molecule has 0 aliphatic rings. The SMILES string of the molecule is CC(C)(C)C(=O)NCc1ccc(Cl)c(Nc2nc3cc(-c4ccc(Br)cc4)c(OCC(F)F)cc3n2CC(F)F)c1. The van der Waals surface area contributed by atoms with Crippen molar-refractivity contribution in [1.29, 1.82) is 0 Å². The van der Waals surface area contributed by atoms with Gasteiger partial charge in [0, 0.05) is 28.1 Å². The molecule has 0 atom stereocenters. The highest BCUT2D eigenvalue weighted by molar-refractivity contribution is 9.10. The molecule has 1 aromatic heterocycles. The quantitative estimate of drug-likeness (QED) is 0.168. The van der Waals surface area contributed by atoms with Gasteiger partial charge in [0.15, 0.2) is 0 Å². The average molecular weight is 656 g/mol. The number of alkyl halides is 4. The molecule has 2 N–H and O–H groups in total. The molecule has 41 heavy (non-hydrogen) atoms. The number of aromatic nitrogens is 2. The van der Waals surface area contributed by atoms with Crippen molar-refractivity contribution in [2.75, 3.05) is 11.9 Å². The van der Waals surface area contributed by atoms with Crippen LogP contribution in [0.15, 0.2) is 59.1 Å². The number of benzene rings is 3. The minimum Gasteiger partial charge on any atom is -0.487 e. The minimum absolute atomic E-state index is 0.0749. The maximum absolute atomic E-state index is 13.7. The molecule has 0 unspecified atom stereocenters. The first-order valence-corrected chi connectivity index (χ1v) is 13.8. The molecule has 0 spiro atoms. The summed E-state index contributed by atoms with van der Waals surface area (Å²) in [4.78, 5) is 16.8. The highest BCUT2D eigenvalue weighted by atomic mass is 79.9. The topological polar surface area (TPSA) is 68.2 Å². The van der Waals surface area contributed by atoms with E-state index < -0.39 is 31.4 Å².